The van der Waals surface area contributed by atoms with Gasteiger partial charge in [-0.3, -0.25) is 19.2 Å². The van der Waals surface area contributed by atoms with Gasteiger partial charge in [0, 0.05) is 12.6 Å². The van der Waals surface area contributed by atoms with Crippen LogP contribution in [0.1, 0.15) is 115 Å². The summed E-state index contributed by atoms with van der Waals surface area (Å²) in [5.74, 6) is -4.72. The van der Waals surface area contributed by atoms with Crippen molar-refractivity contribution < 1.29 is 42.9 Å². The van der Waals surface area contributed by atoms with Gasteiger partial charge in [0.25, 0.3) is 5.91 Å². The van der Waals surface area contributed by atoms with Crippen molar-refractivity contribution in [1.82, 2.24) is 10.3 Å². The van der Waals surface area contributed by atoms with Gasteiger partial charge in [0.2, 0.25) is 0 Å². The summed E-state index contributed by atoms with van der Waals surface area (Å²) in [5, 5.41) is 2.50. The van der Waals surface area contributed by atoms with Gasteiger partial charge < -0.3 is 24.3 Å². The molecule has 1 amide bonds. The number of nitrogens with zero attached hydrogens (tertiary/aromatic N) is 1. The molecule has 4 unspecified atom stereocenters. The zero-order valence-corrected chi connectivity index (χ0v) is 26.4. The molecule has 0 aliphatic carbocycles. The first-order chi connectivity index (χ1) is 20.5. The van der Waals surface area contributed by atoms with Crippen molar-refractivity contribution in [3.8, 4) is 5.75 Å². The van der Waals surface area contributed by atoms with Crippen LogP contribution in [0.25, 0.3) is 0 Å². The minimum Gasteiger partial charge on any atom is -0.463 e. The molecule has 11 heteroatoms. The Morgan fingerprint density at radius 3 is 2.30 bits per heavy atom. The standard InChI is InChI=1S/C32H48N2O9/c1-7-9-10-11-12-13-14-15-16-25(35)42-27-21(5)17-18-33-26(27)29(36)34-24-19-40-31(38)23(8-2)28(22(6)41-32(24)39)43-30(37)20(3)4/h17-18,20,22-24,28H,7-16,19H2,1-6H3,(H,34,36). The summed E-state index contributed by atoms with van der Waals surface area (Å²) < 4.78 is 22.0. The lowest BCUT2D eigenvalue weighted by molar-refractivity contribution is -0.176. The lowest BCUT2D eigenvalue weighted by atomic mass is 9.95. The Kier molecular flexibility index (Phi) is 15.1. The maximum absolute atomic E-state index is 13.3. The zero-order valence-electron chi connectivity index (χ0n) is 26.4. The molecule has 1 aliphatic rings. The predicted octanol–water partition coefficient (Wildman–Crippen LogP) is 5.01. The first kappa shape index (κ1) is 35.7. The Morgan fingerprint density at radius 1 is 1.02 bits per heavy atom. The molecule has 0 spiro atoms. The number of aryl methyl sites for hydroxylation is 1. The monoisotopic (exact) mass is 604 g/mol. The molecule has 2 rings (SSSR count). The number of aromatic nitrogens is 1. The van der Waals surface area contributed by atoms with E-state index < -0.39 is 66.5 Å². The third-order valence-electron chi connectivity index (χ3n) is 7.38. The van der Waals surface area contributed by atoms with Crippen LogP contribution in [0.15, 0.2) is 12.3 Å². The number of cyclic esters (lactones) is 2. The molecule has 2 heterocycles. The molecular formula is C32H48N2O9. The highest BCUT2D eigenvalue weighted by atomic mass is 16.6. The van der Waals surface area contributed by atoms with Gasteiger partial charge >= 0.3 is 23.9 Å². The number of unbranched alkanes of at least 4 members (excludes halogenated alkanes) is 7. The van der Waals surface area contributed by atoms with Crippen molar-refractivity contribution in [3.05, 3.63) is 23.5 Å². The van der Waals surface area contributed by atoms with Gasteiger partial charge in [-0.15, -0.1) is 0 Å². The van der Waals surface area contributed by atoms with Crippen LogP contribution in [0.2, 0.25) is 0 Å². The van der Waals surface area contributed by atoms with Crippen LogP contribution in [-0.4, -0.2) is 59.6 Å². The molecule has 4 atom stereocenters. The van der Waals surface area contributed by atoms with Crippen LogP contribution in [0.4, 0.5) is 0 Å². The topological polar surface area (TPSA) is 147 Å². The van der Waals surface area contributed by atoms with Crippen LogP contribution in [0, 0.1) is 18.8 Å². The molecule has 1 aliphatic heterocycles. The molecule has 43 heavy (non-hydrogen) atoms. The van der Waals surface area contributed by atoms with Crippen LogP contribution in [0.5, 0.6) is 5.75 Å². The second kappa shape index (κ2) is 18.2. The summed E-state index contributed by atoms with van der Waals surface area (Å²) in [6.07, 6.45) is 8.48. The normalized spacial score (nSPS) is 20.7. The molecule has 1 aromatic rings. The Labute approximate surface area is 254 Å². The highest BCUT2D eigenvalue weighted by Crippen LogP contribution is 2.25. The van der Waals surface area contributed by atoms with Crippen molar-refractivity contribution in [2.45, 2.75) is 124 Å². The Morgan fingerprint density at radius 2 is 1.67 bits per heavy atom. The number of hydrogen-bond acceptors (Lipinski definition) is 10. The number of carbonyl (C=O) groups excluding carboxylic acids is 5. The molecule has 1 N–H and O–H groups in total. The first-order valence-electron chi connectivity index (χ1n) is 15.5. The lowest BCUT2D eigenvalue weighted by Crippen LogP contribution is -2.47. The Bertz CT molecular complexity index is 1100. The number of esters is 4. The highest BCUT2D eigenvalue weighted by Gasteiger charge is 2.41. The number of amides is 1. The van der Waals surface area contributed by atoms with Crippen LogP contribution >= 0.6 is 0 Å². The van der Waals surface area contributed by atoms with E-state index in [2.05, 4.69) is 17.2 Å². The van der Waals surface area contributed by atoms with Gasteiger partial charge in [0.1, 0.15) is 12.7 Å². The lowest BCUT2D eigenvalue weighted by Gasteiger charge is -2.29. The highest BCUT2D eigenvalue weighted by molar-refractivity contribution is 5.98. The van der Waals surface area contributed by atoms with Gasteiger partial charge in [-0.1, -0.05) is 72.6 Å². The number of rotatable bonds is 15. The third-order valence-corrected chi connectivity index (χ3v) is 7.38. The number of hydrogen-bond donors (Lipinski definition) is 1. The largest absolute Gasteiger partial charge is 0.463 e. The van der Waals surface area contributed by atoms with Gasteiger partial charge in [-0.05, 0) is 38.3 Å². The van der Waals surface area contributed by atoms with E-state index >= 15 is 0 Å². The number of nitrogens with one attached hydrogen (secondary N) is 1. The fourth-order valence-corrected chi connectivity index (χ4v) is 4.71. The van der Waals surface area contributed by atoms with Gasteiger partial charge in [0.05, 0.1) is 11.8 Å². The second-order valence-electron chi connectivity index (χ2n) is 11.4. The maximum Gasteiger partial charge on any atom is 0.332 e. The molecule has 240 valence electrons. The predicted molar refractivity (Wildman–Crippen MR) is 158 cm³/mol. The van der Waals surface area contributed by atoms with Crippen molar-refractivity contribution >= 4 is 29.8 Å². The van der Waals surface area contributed by atoms with Crippen LogP contribution in [-0.2, 0) is 33.4 Å². The number of ether oxygens (including phenoxy) is 4. The molecule has 0 saturated carbocycles. The van der Waals surface area contributed by atoms with Crippen LogP contribution < -0.4 is 10.1 Å². The summed E-state index contributed by atoms with van der Waals surface area (Å²) in [6, 6.07) is 0.232. The molecule has 1 aromatic heterocycles. The maximum atomic E-state index is 13.3. The Balaban J connectivity index is 2.08. The zero-order chi connectivity index (χ0) is 31.9. The van der Waals surface area contributed by atoms with Crippen LogP contribution in [0.3, 0.4) is 0 Å². The fraction of sp³-hybridized carbons (Fsp3) is 0.688. The van der Waals surface area contributed by atoms with E-state index in [0.717, 1.165) is 19.3 Å². The van der Waals surface area contributed by atoms with Crippen molar-refractivity contribution in [3.63, 3.8) is 0 Å². The molecule has 0 aromatic carbocycles. The molecular weight excluding hydrogens is 556 g/mol. The van der Waals surface area contributed by atoms with E-state index in [4.69, 9.17) is 18.9 Å². The van der Waals surface area contributed by atoms with E-state index in [9.17, 15) is 24.0 Å². The minimum absolute atomic E-state index is 0.00179. The smallest absolute Gasteiger partial charge is 0.332 e. The average molecular weight is 605 g/mol. The quantitative estimate of drug-likeness (QED) is 0.165. The molecule has 11 nitrogen and oxygen atoms in total. The molecule has 1 saturated heterocycles. The first-order valence-corrected chi connectivity index (χ1v) is 15.5. The van der Waals surface area contributed by atoms with Gasteiger partial charge in [-0.25, -0.2) is 9.78 Å². The fourth-order valence-electron chi connectivity index (χ4n) is 4.71. The van der Waals surface area contributed by atoms with E-state index in [1.807, 2.05) is 0 Å². The Hall–Kier alpha value is -3.50. The summed E-state index contributed by atoms with van der Waals surface area (Å²) in [7, 11) is 0. The summed E-state index contributed by atoms with van der Waals surface area (Å²) in [6.45, 7) is 9.91. The number of carbonyl (C=O) groups is 5. The van der Waals surface area contributed by atoms with E-state index in [1.54, 1.807) is 33.8 Å². The molecule has 0 bridgehead atoms. The number of pyridine rings is 1. The summed E-state index contributed by atoms with van der Waals surface area (Å²) in [4.78, 5) is 68.3. The van der Waals surface area contributed by atoms with Crippen molar-refractivity contribution in [1.29, 1.82) is 0 Å². The third kappa shape index (κ3) is 11.3. The molecule has 1 fully saturated rings. The SMILES string of the molecule is CCCCCCCCCCC(=O)Oc1c(C)ccnc1C(=O)NC1COC(=O)C(CC)C(OC(=O)C(C)C)C(C)OC1=O. The summed E-state index contributed by atoms with van der Waals surface area (Å²) >= 11 is 0. The summed E-state index contributed by atoms with van der Waals surface area (Å²) in [5.41, 5.74) is 0.327. The van der Waals surface area contributed by atoms with Gasteiger partial charge in [-0.2, -0.15) is 0 Å². The van der Waals surface area contributed by atoms with E-state index in [1.165, 1.54) is 38.8 Å². The second-order valence-corrected chi connectivity index (χ2v) is 11.4. The van der Waals surface area contributed by atoms with E-state index in [0.29, 0.717) is 12.0 Å². The molecule has 0 radical (unpaired) electrons. The van der Waals surface area contributed by atoms with Crippen molar-refractivity contribution in [2.24, 2.45) is 11.8 Å². The average Bonchev–Trinajstić information content (AvgIpc) is 3.00. The van der Waals surface area contributed by atoms with E-state index in [-0.39, 0.29) is 24.3 Å². The van der Waals surface area contributed by atoms with Crippen molar-refractivity contribution in [2.75, 3.05) is 6.61 Å². The van der Waals surface area contributed by atoms with Gasteiger partial charge in [0.15, 0.2) is 23.6 Å². The minimum atomic E-state index is -1.38.